The van der Waals surface area contributed by atoms with Crippen LogP contribution in [0.25, 0.3) is 0 Å². The van der Waals surface area contributed by atoms with Crippen molar-refractivity contribution in [2.45, 2.75) is 38.3 Å². The van der Waals surface area contributed by atoms with E-state index in [0.29, 0.717) is 30.5 Å². The number of hydrogen-bond acceptors (Lipinski definition) is 6. The summed E-state index contributed by atoms with van der Waals surface area (Å²) < 4.78 is 45.4. The molecule has 0 radical (unpaired) electrons. The number of esters is 1. The molecule has 2 heterocycles. The predicted octanol–water partition coefficient (Wildman–Crippen LogP) is 5.11. The number of halogens is 3. The van der Waals surface area contributed by atoms with Crippen molar-refractivity contribution in [2.75, 3.05) is 11.5 Å². The Kier molecular flexibility index (Phi) is 5.85. The summed E-state index contributed by atoms with van der Waals surface area (Å²) in [6, 6.07) is 6.53. The van der Waals surface area contributed by atoms with Gasteiger partial charge in [-0.15, -0.1) is 0 Å². The first kappa shape index (κ1) is 22.1. The van der Waals surface area contributed by atoms with Gasteiger partial charge in [0.1, 0.15) is 5.82 Å². The van der Waals surface area contributed by atoms with E-state index in [1.807, 2.05) is 16.8 Å². The first-order valence-electron chi connectivity index (χ1n) is 10.2. The van der Waals surface area contributed by atoms with Gasteiger partial charge in [0.15, 0.2) is 5.78 Å². The Morgan fingerprint density at radius 2 is 2.06 bits per heavy atom. The third-order valence-corrected chi connectivity index (χ3v) is 6.30. The molecular weight excluding hydrogens is 441 g/mol. The normalized spacial score (nSPS) is 19.3. The smallest absolute Gasteiger partial charge is 0.416 e. The van der Waals surface area contributed by atoms with Gasteiger partial charge >= 0.3 is 12.1 Å². The van der Waals surface area contributed by atoms with E-state index in [1.54, 1.807) is 6.92 Å². The largest absolute Gasteiger partial charge is 0.463 e. The molecule has 0 fully saturated rings. The van der Waals surface area contributed by atoms with Crippen LogP contribution in [-0.4, -0.2) is 18.4 Å². The fourth-order valence-corrected chi connectivity index (χ4v) is 4.97. The highest BCUT2D eigenvalue weighted by molar-refractivity contribution is 7.08. The van der Waals surface area contributed by atoms with E-state index >= 15 is 0 Å². The van der Waals surface area contributed by atoms with Gasteiger partial charge < -0.3 is 10.5 Å². The molecule has 1 aromatic heterocycles. The van der Waals surface area contributed by atoms with E-state index < -0.39 is 23.6 Å². The highest BCUT2D eigenvalue weighted by Gasteiger charge is 2.43. The molecule has 2 aliphatic rings. The van der Waals surface area contributed by atoms with Crippen LogP contribution >= 0.6 is 11.3 Å². The summed E-state index contributed by atoms with van der Waals surface area (Å²) in [6.45, 7) is 1.74. The summed E-state index contributed by atoms with van der Waals surface area (Å²) in [6.07, 6.45) is -3.25. The second-order valence-corrected chi connectivity index (χ2v) is 8.31. The number of Topliss-reactive ketones (excluding diaryl/α,β-unsaturated/α-hetero) is 1. The Labute approximate surface area is 187 Å². The molecule has 0 saturated carbocycles. The number of thiophene rings is 1. The maximum atomic E-state index is 13.4. The van der Waals surface area contributed by atoms with Gasteiger partial charge in [0.05, 0.1) is 23.7 Å². The molecule has 0 saturated heterocycles. The van der Waals surface area contributed by atoms with Crippen LogP contribution in [0.1, 0.15) is 43.2 Å². The number of ether oxygens (including phenoxy) is 1. The van der Waals surface area contributed by atoms with Gasteiger partial charge in [0, 0.05) is 23.4 Å². The summed E-state index contributed by atoms with van der Waals surface area (Å²) in [5.74, 6) is -1.57. The summed E-state index contributed by atoms with van der Waals surface area (Å²) in [5.41, 5.74) is 7.49. The Hall–Kier alpha value is -3.07. The van der Waals surface area contributed by atoms with E-state index in [4.69, 9.17) is 10.5 Å². The zero-order valence-corrected chi connectivity index (χ0v) is 18.1. The highest BCUT2D eigenvalue weighted by Crippen LogP contribution is 2.47. The average molecular weight is 462 g/mol. The quantitative estimate of drug-likeness (QED) is 0.640. The van der Waals surface area contributed by atoms with Gasteiger partial charge in [-0.3, -0.25) is 9.69 Å². The Bertz CT molecular complexity index is 1120. The van der Waals surface area contributed by atoms with Crippen molar-refractivity contribution >= 4 is 28.8 Å². The third kappa shape index (κ3) is 3.81. The monoisotopic (exact) mass is 462 g/mol. The molecular formula is C23H21F3N2O3S. The lowest BCUT2D eigenvalue weighted by Crippen LogP contribution is -2.41. The molecule has 4 rings (SSSR count). The standard InChI is InChI=1S/C23H21F3N2O3S/c1-2-31-22(30)20-18(13-9-10-32-12-13)19-16(7-4-8-17(19)29)28(21(20)27)15-6-3-5-14(11-15)23(24,25)26/h3,5-6,9-12,18H,2,4,7-8,27H2,1H3/t18-/m0/s1. The van der Waals surface area contributed by atoms with Gasteiger partial charge in [-0.1, -0.05) is 6.07 Å². The molecule has 1 aliphatic heterocycles. The van der Waals surface area contributed by atoms with E-state index in [9.17, 15) is 22.8 Å². The minimum atomic E-state index is -4.55. The number of alkyl halides is 3. The van der Waals surface area contributed by atoms with Gasteiger partial charge in [-0.2, -0.15) is 24.5 Å². The van der Waals surface area contributed by atoms with Crippen LogP contribution in [0.5, 0.6) is 0 Å². The zero-order chi connectivity index (χ0) is 23.0. The summed E-state index contributed by atoms with van der Waals surface area (Å²) in [5, 5.41) is 3.67. The number of carbonyl (C=O) groups excluding carboxylic acids is 2. The molecule has 2 aromatic rings. The lowest BCUT2D eigenvalue weighted by atomic mass is 9.76. The lowest BCUT2D eigenvalue weighted by molar-refractivity contribution is -0.139. The summed E-state index contributed by atoms with van der Waals surface area (Å²) >= 11 is 1.42. The number of nitrogens with zero attached hydrogens (tertiary/aromatic N) is 1. The number of hydrogen-bond donors (Lipinski definition) is 1. The van der Waals surface area contributed by atoms with Crippen molar-refractivity contribution in [3.8, 4) is 0 Å². The first-order valence-corrected chi connectivity index (χ1v) is 11.1. The highest BCUT2D eigenvalue weighted by atomic mass is 32.1. The van der Waals surface area contributed by atoms with Crippen LogP contribution in [0, 0.1) is 0 Å². The van der Waals surface area contributed by atoms with Gasteiger partial charge in [-0.05, 0) is 60.4 Å². The summed E-state index contributed by atoms with van der Waals surface area (Å²) in [7, 11) is 0. The first-order chi connectivity index (χ1) is 15.2. The average Bonchev–Trinajstić information content (AvgIpc) is 3.27. The Morgan fingerprint density at radius 3 is 2.72 bits per heavy atom. The van der Waals surface area contributed by atoms with Crippen molar-refractivity contribution in [3.63, 3.8) is 0 Å². The third-order valence-electron chi connectivity index (χ3n) is 5.60. The topological polar surface area (TPSA) is 72.6 Å². The van der Waals surface area contributed by atoms with Crippen LogP contribution in [0.4, 0.5) is 18.9 Å². The minimum absolute atomic E-state index is 0.0209. The molecule has 32 heavy (non-hydrogen) atoms. The number of ketones is 1. The number of allylic oxidation sites excluding steroid dienone is 2. The Morgan fingerprint density at radius 1 is 1.28 bits per heavy atom. The van der Waals surface area contributed by atoms with E-state index in [1.165, 1.54) is 28.4 Å². The molecule has 0 amide bonds. The van der Waals surface area contributed by atoms with Crippen LogP contribution in [0.3, 0.4) is 0 Å². The number of anilines is 1. The van der Waals surface area contributed by atoms with Crippen molar-refractivity contribution in [1.29, 1.82) is 0 Å². The van der Waals surface area contributed by atoms with Crippen LogP contribution in [-0.2, 0) is 20.5 Å². The molecule has 0 spiro atoms. The molecule has 168 valence electrons. The van der Waals surface area contributed by atoms with Gasteiger partial charge in [0.2, 0.25) is 0 Å². The van der Waals surface area contributed by atoms with Crippen LogP contribution in [0.15, 0.2) is 63.8 Å². The number of carbonyl (C=O) groups is 2. The minimum Gasteiger partial charge on any atom is -0.463 e. The van der Waals surface area contributed by atoms with E-state index in [-0.39, 0.29) is 29.5 Å². The van der Waals surface area contributed by atoms with E-state index in [0.717, 1.165) is 17.7 Å². The van der Waals surface area contributed by atoms with Crippen molar-refractivity contribution in [3.05, 3.63) is 74.9 Å². The fourth-order valence-electron chi connectivity index (χ4n) is 4.28. The molecule has 1 atom stereocenters. The Balaban J connectivity index is 1.97. The summed E-state index contributed by atoms with van der Waals surface area (Å²) in [4.78, 5) is 27.5. The molecule has 2 N–H and O–H groups in total. The van der Waals surface area contributed by atoms with E-state index in [2.05, 4.69) is 0 Å². The van der Waals surface area contributed by atoms with Crippen molar-refractivity contribution in [1.82, 2.24) is 0 Å². The maximum absolute atomic E-state index is 13.4. The lowest BCUT2D eigenvalue weighted by Gasteiger charge is -2.40. The molecule has 1 aliphatic carbocycles. The second kappa shape index (κ2) is 8.46. The van der Waals surface area contributed by atoms with Gasteiger partial charge in [0.25, 0.3) is 0 Å². The van der Waals surface area contributed by atoms with Gasteiger partial charge in [-0.25, -0.2) is 4.79 Å². The second-order valence-electron chi connectivity index (χ2n) is 7.53. The maximum Gasteiger partial charge on any atom is 0.416 e. The molecule has 9 heteroatoms. The van der Waals surface area contributed by atoms with Crippen LogP contribution in [0.2, 0.25) is 0 Å². The van der Waals surface area contributed by atoms with Crippen molar-refractivity contribution in [2.24, 2.45) is 5.73 Å². The fraction of sp³-hybridized carbons (Fsp3) is 0.304. The molecule has 0 unspecified atom stereocenters. The molecule has 1 aromatic carbocycles. The van der Waals surface area contributed by atoms with Crippen LogP contribution < -0.4 is 10.6 Å². The molecule has 0 bridgehead atoms. The predicted molar refractivity (Wildman–Crippen MR) is 115 cm³/mol. The number of rotatable bonds is 4. The molecule has 5 nitrogen and oxygen atoms in total. The number of benzene rings is 1. The van der Waals surface area contributed by atoms with Crippen molar-refractivity contribution < 1.29 is 27.5 Å². The number of nitrogens with two attached hydrogens (primary N) is 1. The zero-order valence-electron chi connectivity index (χ0n) is 17.2. The SMILES string of the molecule is CCOC(=O)C1=C(N)N(c2cccc(C(F)(F)F)c2)C2=C(C(=O)CCC2)[C@@H]1c1ccsc1.